The Hall–Kier alpha value is -1.85. The molecule has 0 saturated carbocycles. The van der Waals surface area contributed by atoms with Crippen LogP contribution in [0.5, 0.6) is 5.75 Å². The van der Waals surface area contributed by atoms with Crippen LogP contribution >= 0.6 is 0 Å². The molecule has 4 nitrogen and oxygen atoms in total. The van der Waals surface area contributed by atoms with E-state index in [0.29, 0.717) is 19.0 Å². The molecular weight excluding hydrogens is 240 g/mol. The fraction of sp³-hybridized carbons (Fsp3) is 0.417. The van der Waals surface area contributed by atoms with Crippen molar-refractivity contribution in [3.05, 3.63) is 29.8 Å². The topological polar surface area (TPSA) is 59.6 Å². The van der Waals surface area contributed by atoms with Gasteiger partial charge in [0.2, 0.25) is 0 Å². The molecule has 18 heavy (non-hydrogen) atoms. The Morgan fingerprint density at radius 2 is 2.22 bits per heavy atom. The summed E-state index contributed by atoms with van der Waals surface area (Å²) in [5.74, 6) is -1.00. The summed E-state index contributed by atoms with van der Waals surface area (Å²) in [6, 6.07) is 3.17. The van der Waals surface area contributed by atoms with Gasteiger partial charge in [0.1, 0.15) is 12.4 Å². The molecule has 0 aliphatic heterocycles. The van der Waals surface area contributed by atoms with Crippen LogP contribution in [0.4, 0.5) is 8.78 Å². The van der Waals surface area contributed by atoms with Crippen molar-refractivity contribution in [3.8, 4) is 5.75 Å². The molecule has 6 heteroatoms. The van der Waals surface area contributed by atoms with Crippen LogP contribution < -0.4 is 15.8 Å². The van der Waals surface area contributed by atoms with E-state index in [4.69, 9.17) is 10.5 Å². The molecule has 1 aromatic carbocycles. The number of nitrogens with one attached hydrogen (secondary N) is 1. The third-order valence-electron chi connectivity index (χ3n) is 2.07. The van der Waals surface area contributed by atoms with Crippen molar-refractivity contribution in [2.75, 3.05) is 19.7 Å². The van der Waals surface area contributed by atoms with E-state index < -0.39 is 11.6 Å². The standard InChI is InChI=1S/C12H17F2N3O/c1-2-5-16-12(15)17-6-7-18-11-4-3-9(13)8-10(11)14/h3-4,8H,2,5-7H2,1H3,(H3,15,16,17). The van der Waals surface area contributed by atoms with E-state index in [0.717, 1.165) is 18.6 Å². The molecule has 0 fully saturated rings. The van der Waals surface area contributed by atoms with Gasteiger partial charge in [-0.05, 0) is 18.6 Å². The van der Waals surface area contributed by atoms with Crippen LogP contribution in [0.1, 0.15) is 13.3 Å². The lowest BCUT2D eigenvalue weighted by Crippen LogP contribution is -2.34. The molecule has 100 valence electrons. The minimum Gasteiger partial charge on any atom is -0.489 e. The Labute approximate surface area is 105 Å². The van der Waals surface area contributed by atoms with Crippen LogP contribution in [0.2, 0.25) is 0 Å². The summed E-state index contributed by atoms with van der Waals surface area (Å²) in [5.41, 5.74) is 5.55. The zero-order valence-electron chi connectivity index (χ0n) is 10.2. The second-order valence-electron chi connectivity index (χ2n) is 3.62. The molecule has 1 rings (SSSR count). The van der Waals surface area contributed by atoms with Gasteiger partial charge in [-0.15, -0.1) is 0 Å². The van der Waals surface area contributed by atoms with Gasteiger partial charge in [-0.3, -0.25) is 4.99 Å². The fourth-order valence-corrected chi connectivity index (χ4v) is 1.22. The smallest absolute Gasteiger partial charge is 0.188 e. The van der Waals surface area contributed by atoms with Crippen LogP contribution in [-0.2, 0) is 0 Å². The molecule has 0 spiro atoms. The van der Waals surface area contributed by atoms with Crippen molar-refractivity contribution in [2.24, 2.45) is 10.7 Å². The average molecular weight is 257 g/mol. The van der Waals surface area contributed by atoms with Crippen molar-refractivity contribution in [3.63, 3.8) is 0 Å². The monoisotopic (exact) mass is 257 g/mol. The van der Waals surface area contributed by atoms with Crippen molar-refractivity contribution in [1.29, 1.82) is 0 Å². The quantitative estimate of drug-likeness (QED) is 0.463. The molecule has 0 radical (unpaired) electrons. The van der Waals surface area contributed by atoms with Crippen LogP contribution in [0.3, 0.4) is 0 Å². The normalized spacial score (nSPS) is 11.4. The number of ether oxygens (including phenoxy) is 1. The lowest BCUT2D eigenvalue weighted by Gasteiger charge is -2.08. The lowest BCUT2D eigenvalue weighted by atomic mass is 10.3. The number of guanidine groups is 1. The zero-order chi connectivity index (χ0) is 13.4. The van der Waals surface area contributed by atoms with E-state index >= 15 is 0 Å². The molecule has 0 amide bonds. The molecule has 0 aromatic heterocycles. The maximum atomic E-state index is 13.2. The zero-order valence-corrected chi connectivity index (χ0v) is 10.2. The number of aliphatic imine (C=N–C) groups is 1. The largest absolute Gasteiger partial charge is 0.489 e. The van der Waals surface area contributed by atoms with Crippen LogP contribution in [0.25, 0.3) is 0 Å². The third-order valence-corrected chi connectivity index (χ3v) is 2.07. The summed E-state index contributed by atoms with van der Waals surface area (Å²) in [5, 5.41) is 2.82. The highest BCUT2D eigenvalue weighted by Crippen LogP contribution is 2.17. The molecule has 0 heterocycles. The summed E-state index contributed by atoms with van der Waals surface area (Å²) in [6.07, 6.45) is 0.916. The fourth-order valence-electron chi connectivity index (χ4n) is 1.22. The molecule has 0 atom stereocenters. The number of halogens is 2. The highest BCUT2D eigenvalue weighted by Gasteiger charge is 2.04. The minimum absolute atomic E-state index is 0.0160. The lowest BCUT2D eigenvalue weighted by molar-refractivity contribution is 0.305. The van der Waals surface area contributed by atoms with Crippen molar-refractivity contribution in [2.45, 2.75) is 13.3 Å². The minimum atomic E-state index is -0.720. The SMILES string of the molecule is CCCN=C(N)NCCOc1ccc(F)cc1F. The van der Waals surface area contributed by atoms with Gasteiger partial charge in [-0.25, -0.2) is 8.78 Å². The number of hydrogen-bond donors (Lipinski definition) is 2. The first-order valence-electron chi connectivity index (χ1n) is 5.75. The van der Waals surface area contributed by atoms with Gasteiger partial charge in [0.25, 0.3) is 0 Å². The second kappa shape index (κ2) is 7.47. The number of hydrogen-bond acceptors (Lipinski definition) is 2. The van der Waals surface area contributed by atoms with Crippen molar-refractivity contribution < 1.29 is 13.5 Å². The van der Waals surface area contributed by atoms with E-state index in [-0.39, 0.29) is 12.4 Å². The maximum absolute atomic E-state index is 13.2. The van der Waals surface area contributed by atoms with Gasteiger partial charge in [-0.1, -0.05) is 6.92 Å². The van der Waals surface area contributed by atoms with Crippen molar-refractivity contribution >= 4 is 5.96 Å². The summed E-state index contributed by atoms with van der Waals surface area (Å²) in [4.78, 5) is 4.02. The number of nitrogens with two attached hydrogens (primary N) is 1. The molecule has 0 aliphatic carbocycles. The first-order chi connectivity index (χ1) is 8.63. The van der Waals surface area contributed by atoms with Crippen LogP contribution in [0.15, 0.2) is 23.2 Å². The van der Waals surface area contributed by atoms with Crippen LogP contribution in [0, 0.1) is 11.6 Å². The van der Waals surface area contributed by atoms with Gasteiger partial charge in [0.05, 0.1) is 6.54 Å². The predicted molar refractivity (Wildman–Crippen MR) is 66.6 cm³/mol. The van der Waals surface area contributed by atoms with Crippen molar-refractivity contribution in [1.82, 2.24) is 5.32 Å². The molecular formula is C12H17F2N3O. The van der Waals surface area contributed by atoms with Crippen LogP contribution in [-0.4, -0.2) is 25.7 Å². The Bertz CT molecular complexity index is 410. The predicted octanol–water partition coefficient (Wildman–Crippen LogP) is 1.66. The number of benzene rings is 1. The first kappa shape index (κ1) is 14.2. The number of nitrogens with zero attached hydrogens (tertiary/aromatic N) is 1. The second-order valence-corrected chi connectivity index (χ2v) is 3.62. The molecule has 1 aromatic rings. The third kappa shape index (κ3) is 4.99. The molecule has 0 bridgehead atoms. The Balaban J connectivity index is 2.29. The van der Waals surface area contributed by atoms with Gasteiger partial charge in [-0.2, -0.15) is 0 Å². The molecule has 0 aliphatic rings. The van der Waals surface area contributed by atoms with Gasteiger partial charge in [0.15, 0.2) is 17.5 Å². The summed E-state index contributed by atoms with van der Waals surface area (Å²) < 4.78 is 30.9. The van der Waals surface area contributed by atoms with E-state index in [9.17, 15) is 8.78 Å². The van der Waals surface area contributed by atoms with E-state index in [2.05, 4.69) is 10.3 Å². The summed E-state index contributed by atoms with van der Waals surface area (Å²) >= 11 is 0. The molecule has 0 saturated heterocycles. The summed E-state index contributed by atoms with van der Waals surface area (Å²) in [7, 11) is 0. The first-order valence-corrected chi connectivity index (χ1v) is 5.75. The maximum Gasteiger partial charge on any atom is 0.188 e. The average Bonchev–Trinajstić information content (AvgIpc) is 2.34. The van der Waals surface area contributed by atoms with E-state index in [1.165, 1.54) is 6.07 Å². The summed E-state index contributed by atoms with van der Waals surface area (Å²) in [6.45, 7) is 3.27. The van der Waals surface area contributed by atoms with Gasteiger partial charge in [0, 0.05) is 12.6 Å². The Morgan fingerprint density at radius 1 is 1.44 bits per heavy atom. The number of rotatable bonds is 6. The molecule has 0 unspecified atom stereocenters. The Kier molecular flexibility index (Phi) is 5.90. The highest BCUT2D eigenvalue weighted by molar-refractivity contribution is 5.77. The van der Waals surface area contributed by atoms with Gasteiger partial charge >= 0.3 is 0 Å². The van der Waals surface area contributed by atoms with Gasteiger partial charge < -0.3 is 15.8 Å². The Morgan fingerprint density at radius 3 is 2.89 bits per heavy atom. The van der Waals surface area contributed by atoms with E-state index in [1.54, 1.807) is 0 Å². The van der Waals surface area contributed by atoms with E-state index in [1.807, 2.05) is 6.92 Å². The molecule has 3 N–H and O–H groups in total. The highest BCUT2D eigenvalue weighted by atomic mass is 19.1.